The molecule has 156 valence electrons. The lowest BCUT2D eigenvalue weighted by atomic mass is 9.97. The molecule has 8 nitrogen and oxygen atoms in total. The maximum Gasteiger partial charge on any atom is 0.267 e. The van der Waals surface area contributed by atoms with Crippen molar-refractivity contribution in [2.24, 2.45) is 0 Å². The van der Waals surface area contributed by atoms with Crippen LogP contribution in [0.3, 0.4) is 0 Å². The van der Waals surface area contributed by atoms with Crippen LogP contribution in [0.1, 0.15) is 29.7 Å². The normalized spacial score (nSPS) is 17.9. The molecule has 0 bridgehead atoms. The second kappa shape index (κ2) is 9.00. The van der Waals surface area contributed by atoms with E-state index in [1.807, 2.05) is 37.5 Å². The van der Waals surface area contributed by atoms with Crippen molar-refractivity contribution in [3.05, 3.63) is 45.6 Å². The van der Waals surface area contributed by atoms with E-state index in [0.717, 1.165) is 74.9 Å². The highest BCUT2D eigenvalue weighted by atomic mass is 16.1. The fourth-order valence-electron chi connectivity index (χ4n) is 4.09. The highest BCUT2D eigenvalue weighted by Gasteiger charge is 2.18. The standard InChI is InChI=1S/C21H31N7O/c1-25(2)21-22-14-17(15-23-21)16-27-9-7-26(8-10-27)11-12-28-20(29)13-18-5-3-4-6-19(18)24-28/h13-15H,3-12,16H2,1-2H3. The third-order valence-corrected chi connectivity index (χ3v) is 5.86. The third-order valence-electron chi connectivity index (χ3n) is 5.86. The number of fused-ring (bicyclic) bond motifs is 1. The monoisotopic (exact) mass is 397 g/mol. The van der Waals surface area contributed by atoms with Crippen LogP contribution in [0.4, 0.5) is 5.95 Å². The van der Waals surface area contributed by atoms with Crippen molar-refractivity contribution in [1.29, 1.82) is 0 Å². The van der Waals surface area contributed by atoms with Crippen molar-refractivity contribution in [2.75, 3.05) is 51.7 Å². The van der Waals surface area contributed by atoms with E-state index >= 15 is 0 Å². The number of aryl methyl sites for hydroxylation is 2. The molecule has 0 radical (unpaired) electrons. The van der Waals surface area contributed by atoms with Gasteiger partial charge in [0, 0.05) is 77.4 Å². The van der Waals surface area contributed by atoms with E-state index in [0.29, 0.717) is 6.54 Å². The highest BCUT2D eigenvalue weighted by Crippen LogP contribution is 2.17. The van der Waals surface area contributed by atoms with E-state index in [1.54, 1.807) is 4.68 Å². The van der Waals surface area contributed by atoms with Crippen LogP contribution < -0.4 is 10.5 Å². The molecule has 2 aromatic rings. The van der Waals surface area contributed by atoms with Gasteiger partial charge in [0.1, 0.15) is 0 Å². The van der Waals surface area contributed by atoms with Crippen LogP contribution in [0.5, 0.6) is 0 Å². The predicted octanol–water partition coefficient (Wildman–Crippen LogP) is 0.796. The number of aromatic nitrogens is 4. The van der Waals surface area contributed by atoms with Gasteiger partial charge < -0.3 is 4.90 Å². The number of hydrogen-bond donors (Lipinski definition) is 0. The molecule has 29 heavy (non-hydrogen) atoms. The van der Waals surface area contributed by atoms with Gasteiger partial charge in [0.25, 0.3) is 5.56 Å². The van der Waals surface area contributed by atoms with Crippen LogP contribution in [0.25, 0.3) is 0 Å². The third kappa shape index (κ3) is 5.00. The van der Waals surface area contributed by atoms with Gasteiger partial charge in [-0.1, -0.05) is 0 Å². The first-order valence-corrected chi connectivity index (χ1v) is 10.6. The Morgan fingerprint density at radius 1 is 0.966 bits per heavy atom. The summed E-state index contributed by atoms with van der Waals surface area (Å²) in [5.41, 5.74) is 3.48. The molecule has 1 fully saturated rings. The van der Waals surface area contributed by atoms with Crippen LogP contribution in [0, 0.1) is 0 Å². The van der Waals surface area contributed by atoms with Gasteiger partial charge in [-0.15, -0.1) is 0 Å². The lowest BCUT2D eigenvalue weighted by Crippen LogP contribution is -2.47. The zero-order chi connectivity index (χ0) is 20.2. The lowest BCUT2D eigenvalue weighted by molar-refractivity contribution is 0.122. The number of rotatable bonds is 6. The first-order chi connectivity index (χ1) is 14.1. The van der Waals surface area contributed by atoms with Gasteiger partial charge in [0.2, 0.25) is 5.95 Å². The van der Waals surface area contributed by atoms with Gasteiger partial charge in [-0.2, -0.15) is 5.10 Å². The van der Waals surface area contributed by atoms with Crippen molar-refractivity contribution >= 4 is 5.95 Å². The van der Waals surface area contributed by atoms with Gasteiger partial charge in [0.15, 0.2) is 0 Å². The first-order valence-electron chi connectivity index (χ1n) is 10.6. The molecule has 0 aromatic carbocycles. The van der Waals surface area contributed by atoms with E-state index in [-0.39, 0.29) is 5.56 Å². The fraction of sp³-hybridized carbons (Fsp3) is 0.619. The second-order valence-corrected chi connectivity index (χ2v) is 8.29. The molecule has 8 heteroatoms. The van der Waals surface area contributed by atoms with E-state index < -0.39 is 0 Å². The summed E-state index contributed by atoms with van der Waals surface area (Å²) in [5, 5.41) is 4.64. The van der Waals surface area contributed by atoms with Crippen molar-refractivity contribution in [3.8, 4) is 0 Å². The Bertz CT molecular complexity index is 870. The Balaban J connectivity index is 1.25. The van der Waals surface area contributed by atoms with Gasteiger partial charge in [-0.3, -0.25) is 14.6 Å². The highest BCUT2D eigenvalue weighted by molar-refractivity contribution is 5.26. The summed E-state index contributed by atoms with van der Waals surface area (Å²) in [6, 6.07) is 1.81. The molecule has 3 heterocycles. The number of nitrogens with zero attached hydrogens (tertiary/aromatic N) is 7. The zero-order valence-electron chi connectivity index (χ0n) is 17.5. The van der Waals surface area contributed by atoms with Crippen molar-refractivity contribution in [3.63, 3.8) is 0 Å². The number of hydrogen-bond acceptors (Lipinski definition) is 7. The smallest absolute Gasteiger partial charge is 0.267 e. The minimum Gasteiger partial charge on any atom is -0.347 e. The second-order valence-electron chi connectivity index (χ2n) is 8.29. The molecule has 2 aromatic heterocycles. The molecule has 2 aliphatic rings. The molecule has 0 spiro atoms. The molecule has 1 saturated heterocycles. The van der Waals surface area contributed by atoms with Gasteiger partial charge in [0.05, 0.1) is 12.2 Å². The van der Waals surface area contributed by atoms with Crippen LogP contribution in [0.2, 0.25) is 0 Å². The van der Waals surface area contributed by atoms with Crippen molar-refractivity contribution < 1.29 is 0 Å². The van der Waals surface area contributed by atoms with Crippen molar-refractivity contribution in [1.82, 2.24) is 29.5 Å². The summed E-state index contributed by atoms with van der Waals surface area (Å²) in [5.74, 6) is 0.740. The maximum atomic E-state index is 12.3. The minimum absolute atomic E-state index is 0.0467. The summed E-state index contributed by atoms with van der Waals surface area (Å²) < 4.78 is 1.67. The average Bonchev–Trinajstić information content (AvgIpc) is 2.73. The van der Waals surface area contributed by atoms with Crippen LogP contribution in [0.15, 0.2) is 23.3 Å². The van der Waals surface area contributed by atoms with Crippen LogP contribution in [-0.4, -0.2) is 76.4 Å². The Morgan fingerprint density at radius 2 is 1.66 bits per heavy atom. The quantitative estimate of drug-likeness (QED) is 0.714. The van der Waals surface area contributed by atoms with Crippen LogP contribution >= 0.6 is 0 Å². The summed E-state index contributed by atoms with van der Waals surface area (Å²) >= 11 is 0. The van der Waals surface area contributed by atoms with E-state index in [1.165, 1.54) is 12.8 Å². The molecule has 0 unspecified atom stereocenters. The summed E-state index contributed by atoms with van der Waals surface area (Å²) in [6.07, 6.45) is 8.21. The van der Waals surface area contributed by atoms with Gasteiger partial charge in [-0.25, -0.2) is 14.6 Å². The fourth-order valence-corrected chi connectivity index (χ4v) is 4.09. The lowest BCUT2D eigenvalue weighted by Gasteiger charge is -2.34. The molecule has 1 aliphatic heterocycles. The average molecular weight is 398 g/mol. The minimum atomic E-state index is 0.0467. The Hall–Kier alpha value is -2.32. The van der Waals surface area contributed by atoms with E-state index in [9.17, 15) is 4.79 Å². The Kier molecular flexibility index (Phi) is 6.20. The molecule has 4 rings (SSSR count). The Morgan fingerprint density at radius 3 is 2.38 bits per heavy atom. The topological polar surface area (TPSA) is 70.4 Å². The van der Waals surface area contributed by atoms with E-state index in [2.05, 4.69) is 24.9 Å². The predicted molar refractivity (Wildman–Crippen MR) is 113 cm³/mol. The van der Waals surface area contributed by atoms with E-state index in [4.69, 9.17) is 0 Å². The molecule has 1 aliphatic carbocycles. The summed E-state index contributed by atoms with van der Waals surface area (Å²) in [6.45, 7) is 6.48. The molecular weight excluding hydrogens is 366 g/mol. The largest absolute Gasteiger partial charge is 0.347 e. The van der Waals surface area contributed by atoms with Gasteiger partial charge in [-0.05, 0) is 31.2 Å². The molecule has 0 atom stereocenters. The Labute approximate surface area is 172 Å². The first kappa shape index (κ1) is 20.0. The van der Waals surface area contributed by atoms with Crippen LogP contribution in [-0.2, 0) is 25.9 Å². The molecular formula is C21H31N7O. The maximum absolute atomic E-state index is 12.3. The number of anilines is 1. The SMILES string of the molecule is CN(C)c1ncc(CN2CCN(CCn3nc4c(cc3=O)CCCC4)CC2)cn1. The van der Waals surface area contributed by atoms with Gasteiger partial charge >= 0.3 is 0 Å². The molecule has 0 amide bonds. The summed E-state index contributed by atoms with van der Waals surface area (Å²) in [7, 11) is 3.89. The number of piperazine rings is 1. The molecule has 0 N–H and O–H groups in total. The zero-order valence-corrected chi connectivity index (χ0v) is 17.5. The molecule has 0 saturated carbocycles. The van der Waals surface area contributed by atoms with Crippen molar-refractivity contribution in [2.45, 2.75) is 38.8 Å². The summed E-state index contributed by atoms with van der Waals surface area (Å²) in [4.78, 5) is 27.9.